The van der Waals surface area contributed by atoms with Crippen molar-refractivity contribution in [3.63, 3.8) is 0 Å². The van der Waals surface area contributed by atoms with Crippen molar-refractivity contribution in [3.05, 3.63) is 57.6 Å². The average Bonchev–Trinajstić information content (AvgIpc) is 2.76. The van der Waals surface area contributed by atoms with E-state index in [-0.39, 0.29) is 0 Å². The van der Waals surface area contributed by atoms with Gasteiger partial charge in [0, 0.05) is 22.3 Å². The summed E-state index contributed by atoms with van der Waals surface area (Å²) in [6.07, 6.45) is 0.741. The van der Waals surface area contributed by atoms with E-state index in [4.69, 9.17) is 0 Å². The van der Waals surface area contributed by atoms with E-state index in [9.17, 15) is 14.7 Å². The fourth-order valence-electron chi connectivity index (χ4n) is 3.91. The number of anilines is 2. The molecular formula is C24H31BrN4O3. The van der Waals surface area contributed by atoms with Gasteiger partial charge in [-0.25, -0.2) is 4.79 Å². The van der Waals surface area contributed by atoms with Crippen molar-refractivity contribution < 1.29 is 14.7 Å². The van der Waals surface area contributed by atoms with Gasteiger partial charge < -0.3 is 20.6 Å². The van der Waals surface area contributed by atoms with E-state index in [0.717, 1.165) is 42.1 Å². The third-order valence-corrected chi connectivity index (χ3v) is 6.52. The molecule has 1 atom stereocenters. The Labute approximate surface area is 197 Å². The van der Waals surface area contributed by atoms with E-state index >= 15 is 0 Å². The molecule has 1 aliphatic heterocycles. The molecule has 0 aromatic heterocycles. The molecule has 2 aromatic rings. The van der Waals surface area contributed by atoms with Crippen LogP contribution in [0.4, 0.5) is 16.2 Å². The smallest absolute Gasteiger partial charge is 0.329 e. The number of carbonyl (C=O) groups is 2. The fourth-order valence-corrected chi connectivity index (χ4v) is 4.27. The average molecular weight is 503 g/mol. The van der Waals surface area contributed by atoms with Crippen LogP contribution in [0.25, 0.3) is 0 Å². The molecule has 3 amide bonds. The molecule has 0 bridgehead atoms. The molecule has 0 saturated heterocycles. The molecule has 1 aliphatic rings. The Bertz CT molecular complexity index is 1010. The highest BCUT2D eigenvalue weighted by Crippen LogP contribution is 2.41. The predicted molar refractivity (Wildman–Crippen MR) is 131 cm³/mol. The highest BCUT2D eigenvalue weighted by Gasteiger charge is 2.52. The minimum atomic E-state index is -2.20. The maximum absolute atomic E-state index is 13.4. The van der Waals surface area contributed by atoms with Crippen LogP contribution in [-0.4, -0.2) is 48.1 Å². The number of carbonyl (C=O) groups excluding carboxylic acids is 2. The van der Waals surface area contributed by atoms with E-state index < -0.39 is 17.7 Å². The fraction of sp³-hybridized carbons (Fsp3) is 0.417. The molecular weight excluding hydrogens is 472 g/mol. The van der Waals surface area contributed by atoms with Crippen molar-refractivity contribution in [2.24, 2.45) is 0 Å². The Hall–Kier alpha value is -2.42. The number of nitrogens with one attached hydrogen (secondary N) is 2. The van der Waals surface area contributed by atoms with Crippen molar-refractivity contribution in [2.45, 2.75) is 39.8 Å². The van der Waals surface area contributed by atoms with Crippen LogP contribution in [0.5, 0.6) is 0 Å². The SMILES string of the molecule is CCN(CC)CCCNC(=O)C1(O)c2cc(Br)ccc2NC(=O)N1c1ccc(C)c(C)c1. The summed E-state index contributed by atoms with van der Waals surface area (Å²) in [4.78, 5) is 30.0. The third kappa shape index (κ3) is 4.67. The first kappa shape index (κ1) is 24.2. The topological polar surface area (TPSA) is 84.9 Å². The van der Waals surface area contributed by atoms with Crippen molar-refractivity contribution in [1.29, 1.82) is 0 Å². The van der Waals surface area contributed by atoms with E-state index in [1.165, 1.54) is 0 Å². The van der Waals surface area contributed by atoms with Crippen LogP contribution in [0.15, 0.2) is 40.9 Å². The molecule has 1 heterocycles. The van der Waals surface area contributed by atoms with Gasteiger partial charge in [-0.15, -0.1) is 0 Å². The van der Waals surface area contributed by atoms with Gasteiger partial charge in [0.2, 0.25) is 0 Å². The number of hydrogen-bond donors (Lipinski definition) is 3. The second kappa shape index (κ2) is 10.0. The van der Waals surface area contributed by atoms with Crippen LogP contribution in [-0.2, 0) is 10.5 Å². The Balaban J connectivity index is 1.97. The minimum absolute atomic E-state index is 0.311. The van der Waals surface area contributed by atoms with Gasteiger partial charge in [0.25, 0.3) is 11.6 Å². The molecule has 3 N–H and O–H groups in total. The highest BCUT2D eigenvalue weighted by molar-refractivity contribution is 9.10. The molecule has 0 radical (unpaired) electrons. The number of fused-ring (bicyclic) bond motifs is 1. The van der Waals surface area contributed by atoms with E-state index in [0.29, 0.717) is 28.0 Å². The lowest BCUT2D eigenvalue weighted by Gasteiger charge is -2.43. The molecule has 0 spiro atoms. The number of halogens is 1. The quantitative estimate of drug-likeness (QED) is 0.474. The highest BCUT2D eigenvalue weighted by atomic mass is 79.9. The third-order valence-electron chi connectivity index (χ3n) is 6.02. The number of aryl methyl sites for hydroxylation is 2. The molecule has 0 fully saturated rings. The Kier molecular flexibility index (Phi) is 7.59. The van der Waals surface area contributed by atoms with Crippen LogP contribution >= 0.6 is 15.9 Å². The van der Waals surface area contributed by atoms with E-state index in [2.05, 4.69) is 45.3 Å². The maximum Gasteiger partial charge on any atom is 0.329 e. The summed E-state index contributed by atoms with van der Waals surface area (Å²) in [5.74, 6) is -0.635. The largest absolute Gasteiger partial charge is 0.359 e. The number of aliphatic hydroxyl groups is 1. The van der Waals surface area contributed by atoms with Crippen LogP contribution in [0, 0.1) is 13.8 Å². The number of nitrogens with zero attached hydrogens (tertiary/aromatic N) is 2. The molecule has 0 aliphatic carbocycles. The van der Waals surface area contributed by atoms with Crippen molar-refractivity contribution in [3.8, 4) is 0 Å². The molecule has 32 heavy (non-hydrogen) atoms. The summed E-state index contributed by atoms with van der Waals surface area (Å²) in [6, 6.07) is 9.94. The van der Waals surface area contributed by atoms with Gasteiger partial charge in [-0.05, 0) is 81.4 Å². The predicted octanol–water partition coefficient (Wildman–Crippen LogP) is 4.11. The number of urea groups is 1. The van der Waals surface area contributed by atoms with Crippen molar-refractivity contribution in [2.75, 3.05) is 36.4 Å². The standard InChI is InChI=1S/C24H31BrN4O3/c1-5-28(6-2)13-7-12-26-22(30)24(32)20-15-18(25)9-11-21(20)27-23(31)29(24)19-10-8-16(3)17(4)14-19/h8-11,14-15,32H,5-7,12-13H2,1-4H3,(H,26,30)(H,27,31). The zero-order valence-electron chi connectivity index (χ0n) is 19.0. The number of benzene rings is 2. The van der Waals surface area contributed by atoms with Gasteiger partial charge in [-0.3, -0.25) is 9.69 Å². The monoisotopic (exact) mass is 502 g/mol. The molecule has 3 rings (SSSR count). The van der Waals surface area contributed by atoms with Gasteiger partial charge in [0.1, 0.15) is 0 Å². The summed E-state index contributed by atoms with van der Waals surface area (Å²) in [6.45, 7) is 11.2. The number of hydrogen-bond acceptors (Lipinski definition) is 4. The first-order chi connectivity index (χ1) is 15.2. The zero-order chi connectivity index (χ0) is 23.5. The van der Waals surface area contributed by atoms with E-state index in [1.807, 2.05) is 19.9 Å². The number of amides is 3. The van der Waals surface area contributed by atoms with Crippen LogP contribution in [0.1, 0.15) is 37.0 Å². The minimum Gasteiger partial charge on any atom is -0.359 e. The summed E-state index contributed by atoms with van der Waals surface area (Å²) >= 11 is 3.42. The van der Waals surface area contributed by atoms with Crippen LogP contribution < -0.4 is 15.5 Å². The molecule has 172 valence electrons. The lowest BCUT2D eigenvalue weighted by atomic mass is 9.94. The van der Waals surface area contributed by atoms with Crippen LogP contribution in [0.2, 0.25) is 0 Å². The first-order valence-corrected chi connectivity index (χ1v) is 11.7. The Morgan fingerprint density at radius 2 is 1.88 bits per heavy atom. The molecule has 1 unspecified atom stereocenters. The maximum atomic E-state index is 13.4. The lowest BCUT2D eigenvalue weighted by Crippen LogP contribution is -2.62. The molecule has 8 heteroatoms. The van der Waals surface area contributed by atoms with Crippen molar-refractivity contribution in [1.82, 2.24) is 10.2 Å². The molecule has 2 aromatic carbocycles. The summed E-state index contributed by atoms with van der Waals surface area (Å²) in [5.41, 5.74) is 0.969. The zero-order valence-corrected chi connectivity index (χ0v) is 20.6. The lowest BCUT2D eigenvalue weighted by molar-refractivity contribution is -0.140. The second-order valence-corrected chi connectivity index (χ2v) is 8.95. The van der Waals surface area contributed by atoms with Crippen molar-refractivity contribution >= 4 is 39.2 Å². The van der Waals surface area contributed by atoms with Gasteiger partial charge >= 0.3 is 6.03 Å². The van der Waals surface area contributed by atoms with Gasteiger partial charge in [-0.2, -0.15) is 0 Å². The van der Waals surface area contributed by atoms with E-state index in [1.54, 1.807) is 30.3 Å². The summed E-state index contributed by atoms with van der Waals surface area (Å²) < 4.78 is 0.695. The Morgan fingerprint density at radius 1 is 1.16 bits per heavy atom. The van der Waals surface area contributed by atoms with Gasteiger partial charge in [0.05, 0.1) is 5.69 Å². The van der Waals surface area contributed by atoms with Gasteiger partial charge in [0.15, 0.2) is 0 Å². The normalized spacial score (nSPS) is 17.8. The first-order valence-electron chi connectivity index (χ1n) is 10.9. The summed E-state index contributed by atoms with van der Waals surface area (Å²) in [7, 11) is 0. The van der Waals surface area contributed by atoms with Gasteiger partial charge in [-0.1, -0.05) is 35.8 Å². The molecule has 0 saturated carbocycles. The molecule has 7 nitrogen and oxygen atoms in total. The summed E-state index contributed by atoms with van der Waals surface area (Å²) in [5, 5.41) is 17.5. The van der Waals surface area contributed by atoms with Crippen LogP contribution in [0.3, 0.4) is 0 Å². The Morgan fingerprint density at radius 3 is 2.53 bits per heavy atom. The second-order valence-electron chi connectivity index (χ2n) is 8.03. The number of rotatable bonds is 8.